The fourth-order valence-electron chi connectivity index (χ4n) is 1.03. The molecule has 64 valence electrons. The lowest BCUT2D eigenvalue weighted by molar-refractivity contribution is 0.101. The SMILES string of the molecule is CC(=O)c1cc(C)cc(O)c1O. The van der Waals surface area contributed by atoms with Crippen LogP contribution in [0.25, 0.3) is 0 Å². The van der Waals surface area contributed by atoms with Gasteiger partial charge in [-0.25, -0.2) is 0 Å². The normalized spacial score (nSPS) is 9.83. The molecule has 0 atom stereocenters. The van der Waals surface area contributed by atoms with Gasteiger partial charge in [0.25, 0.3) is 0 Å². The lowest BCUT2D eigenvalue weighted by Crippen LogP contribution is -1.93. The van der Waals surface area contributed by atoms with Crippen molar-refractivity contribution in [3.8, 4) is 11.5 Å². The van der Waals surface area contributed by atoms with Crippen molar-refractivity contribution in [2.75, 3.05) is 0 Å². The number of Topliss-reactive ketones (excluding diaryl/α,β-unsaturated/α-hetero) is 1. The minimum atomic E-state index is -0.340. The van der Waals surface area contributed by atoms with E-state index >= 15 is 0 Å². The number of hydrogen-bond donors (Lipinski definition) is 2. The zero-order valence-corrected chi connectivity index (χ0v) is 6.96. The smallest absolute Gasteiger partial charge is 0.168 e. The maximum absolute atomic E-state index is 10.9. The number of phenols is 2. The molecule has 1 aromatic rings. The molecule has 0 aliphatic rings. The van der Waals surface area contributed by atoms with E-state index in [1.165, 1.54) is 19.1 Å². The van der Waals surface area contributed by atoms with Crippen LogP contribution in [0.3, 0.4) is 0 Å². The third-order valence-corrected chi connectivity index (χ3v) is 1.61. The Kier molecular flexibility index (Phi) is 2.04. The van der Waals surface area contributed by atoms with Crippen LogP contribution in [0.1, 0.15) is 22.8 Å². The summed E-state index contributed by atoms with van der Waals surface area (Å²) < 4.78 is 0. The van der Waals surface area contributed by atoms with E-state index in [0.717, 1.165) is 5.56 Å². The molecule has 1 aromatic carbocycles. The summed E-state index contributed by atoms with van der Waals surface area (Å²) in [6.07, 6.45) is 0. The van der Waals surface area contributed by atoms with Crippen LogP contribution < -0.4 is 0 Å². The number of hydrogen-bond acceptors (Lipinski definition) is 3. The Bertz CT molecular complexity index is 329. The Balaban J connectivity index is 3.37. The maximum Gasteiger partial charge on any atom is 0.168 e. The molecule has 0 heterocycles. The molecule has 0 radical (unpaired) electrons. The average Bonchev–Trinajstić information content (AvgIpc) is 1.96. The van der Waals surface area contributed by atoms with Crippen LogP contribution in [0, 0.1) is 6.92 Å². The Labute approximate surface area is 70.3 Å². The van der Waals surface area contributed by atoms with Gasteiger partial charge in [0.1, 0.15) is 0 Å². The minimum absolute atomic E-state index is 0.160. The molecule has 0 spiro atoms. The highest BCUT2D eigenvalue weighted by Gasteiger charge is 2.10. The Hall–Kier alpha value is -1.51. The van der Waals surface area contributed by atoms with Crippen molar-refractivity contribution in [3.05, 3.63) is 23.3 Å². The third kappa shape index (κ3) is 1.39. The Morgan fingerprint density at radius 3 is 2.42 bits per heavy atom. The molecular weight excluding hydrogens is 156 g/mol. The highest BCUT2D eigenvalue weighted by atomic mass is 16.3. The number of phenolic OH excluding ortho intramolecular Hbond substituents is 2. The van der Waals surface area contributed by atoms with E-state index in [1.807, 2.05) is 0 Å². The van der Waals surface area contributed by atoms with Gasteiger partial charge in [0.05, 0.1) is 5.56 Å². The van der Waals surface area contributed by atoms with Crippen LogP contribution in [0.15, 0.2) is 12.1 Å². The molecule has 3 nitrogen and oxygen atoms in total. The maximum atomic E-state index is 10.9. The van der Waals surface area contributed by atoms with Crippen molar-refractivity contribution in [2.24, 2.45) is 0 Å². The summed E-state index contributed by atoms with van der Waals surface area (Å²) in [6, 6.07) is 2.94. The van der Waals surface area contributed by atoms with Gasteiger partial charge in [-0.05, 0) is 31.5 Å². The largest absolute Gasteiger partial charge is 0.504 e. The van der Waals surface area contributed by atoms with Crippen LogP contribution in [0.2, 0.25) is 0 Å². The molecule has 3 heteroatoms. The number of rotatable bonds is 1. The van der Waals surface area contributed by atoms with Gasteiger partial charge < -0.3 is 10.2 Å². The molecule has 12 heavy (non-hydrogen) atoms. The van der Waals surface area contributed by atoms with E-state index in [1.54, 1.807) is 6.92 Å². The van der Waals surface area contributed by atoms with Gasteiger partial charge in [-0.15, -0.1) is 0 Å². The molecular formula is C9H10O3. The number of benzene rings is 1. The summed E-state index contributed by atoms with van der Waals surface area (Å²) in [5.74, 6) is -0.847. The first kappa shape index (κ1) is 8.59. The quantitative estimate of drug-likeness (QED) is 0.492. The summed E-state index contributed by atoms with van der Waals surface area (Å²) in [5.41, 5.74) is 0.906. The molecule has 0 saturated heterocycles. The van der Waals surface area contributed by atoms with Crippen LogP contribution in [-0.2, 0) is 0 Å². The van der Waals surface area contributed by atoms with Crippen molar-refractivity contribution >= 4 is 5.78 Å². The van der Waals surface area contributed by atoms with E-state index in [9.17, 15) is 9.90 Å². The van der Waals surface area contributed by atoms with E-state index in [-0.39, 0.29) is 22.8 Å². The summed E-state index contributed by atoms with van der Waals surface area (Å²) in [6.45, 7) is 3.08. The van der Waals surface area contributed by atoms with Crippen molar-refractivity contribution in [1.82, 2.24) is 0 Å². The molecule has 0 aliphatic heterocycles. The second kappa shape index (κ2) is 2.85. The lowest BCUT2D eigenvalue weighted by Gasteiger charge is -2.03. The topological polar surface area (TPSA) is 57.5 Å². The van der Waals surface area contributed by atoms with E-state index in [4.69, 9.17) is 5.11 Å². The zero-order valence-electron chi connectivity index (χ0n) is 6.96. The van der Waals surface area contributed by atoms with Gasteiger partial charge in [0, 0.05) is 0 Å². The highest BCUT2D eigenvalue weighted by Crippen LogP contribution is 2.30. The molecule has 0 unspecified atom stereocenters. The van der Waals surface area contributed by atoms with Gasteiger partial charge >= 0.3 is 0 Å². The van der Waals surface area contributed by atoms with E-state index in [0.29, 0.717) is 0 Å². The number of carbonyl (C=O) groups excluding carboxylic acids is 1. The van der Waals surface area contributed by atoms with Crippen LogP contribution in [0.4, 0.5) is 0 Å². The van der Waals surface area contributed by atoms with Gasteiger partial charge in [0.15, 0.2) is 17.3 Å². The standard InChI is InChI=1S/C9H10O3/c1-5-3-7(6(2)10)9(12)8(11)4-5/h3-4,11-12H,1-2H3. The second-order valence-electron chi connectivity index (χ2n) is 2.74. The number of aromatic hydroxyl groups is 2. The lowest BCUT2D eigenvalue weighted by atomic mass is 10.1. The predicted molar refractivity (Wildman–Crippen MR) is 44.5 cm³/mol. The molecule has 0 bridgehead atoms. The summed E-state index contributed by atoms with van der Waals surface area (Å²) in [4.78, 5) is 10.9. The van der Waals surface area contributed by atoms with Crippen molar-refractivity contribution in [1.29, 1.82) is 0 Å². The van der Waals surface area contributed by atoms with Gasteiger partial charge in [-0.1, -0.05) is 0 Å². The fraction of sp³-hybridized carbons (Fsp3) is 0.222. The van der Waals surface area contributed by atoms with Crippen molar-refractivity contribution in [2.45, 2.75) is 13.8 Å². The summed E-state index contributed by atoms with van der Waals surface area (Å²) >= 11 is 0. The molecule has 0 amide bonds. The molecule has 0 aliphatic carbocycles. The fourth-order valence-corrected chi connectivity index (χ4v) is 1.03. The summed E-state index contributed by atoms with van der Waals surface area (Å²) in [5, 5.41) is 18.3. The first-order valence-electron chi connectivity index (χ1n) is 3.56. The van der Waals surface area contributed by atoms with Gasteiger partial charge in [0.2, 0.25) is 0 Å². The van der Waals surface area contributed by atoms with E-state index in [2.05, 4.69) is 0 Å². The molecule has 2 N–H and O–H groups in total. The molecule has 0 aromatic heterocycles. The number of ketones is 1. The third-order valence-electron chi connectivity index (χ3n) is 1.61. The number of carbonyl (C=O) groups is 1. The average molecular weight is 166 g/mol. The predicted octanol–water partition coefficient (Wildman–Crippen LogP) is 1.61. The zero-order chi connectivity index (χ0) is 9.30. The summed E-state index contributed by atoms with van der Waals surface area (Å²) in [7, 11) is 0. The van der Waals surface area contributed by atoms with Crippen molar-refractivity contribution < 1.29 is 15.0 Å². The Morgan fingerprint density at radius 2 is 1.92 bits per heavy atom. The minimum Gasteiger partial charge on any atom is -0.504 e. The van der Waals surface area contributed by atoms with Gasteiger partial charge in [-0.2, -0.15) is 0 Å². The molecule has 0 fully saturated rings. The molecule has 0 saturated carbocycles. The van der Waals surface area contributed by atoms with Crippen LogP contribution in [0.5, 0.6) is 11.5 Å². The van der Waals surface area contributed by atoms with E-state index < -0.39 is 0 Å². The highest BCUT2D eigenvalue weighted by molar-refractivity contribution is 5.97. The first-order chi connectivity index (χ1) is 5.52. The second-order valence-corrected chi connectivity index (χ2v) is 2.74. The van der Waals surface area contributed by atoms with Crippen LogP contribution >= 0.6 is 0 Å². The molecule has 1 rings (SSSR count). The Morgan fingerprint density at radius 1 is 1.33 bits per heavy atom. The van der Waals surface area contributed by atoms with Gasteiger partial charge in [-0.3, -0.25) is 4.79 Å². The monoisotopic (exact) mass is 166 g/mol. The number of aryl methyl sites for hydroxylation is 1. The van der Waals surface area contributed by atoms with Crippen LogP contribution in [-0.4, -0.2) is 16.0 Å². The first-order valence-corrected chi connectivity index (χ1v) is 3.56. The van der Waals surface area contributed by atoms with Crippen molar-refractivity contribution in [3.63, 3.8) is 0 Å².